The van der Waals surface area contributed by atoms with Crippen LogP contribution in [0.5, 0.6) is 0 Å². The minimum Gasteiger partial charge on any atom is -0.399 e. The Bertz CT molecular complexity index is 993. The Balaban J connectivity index is 1.62. The van der Waals surface area contributed by atoms with Crippen molar-refractivity contribution < 1.29 is 9.31 Å². The van der Waals surface area contributed by atoms with Gasteiger partial charge in [0.25, 0.3) is 0 Å². The number of fused-ring (bicyclic) bond motifs is 1. The highest BCUT2D eigenvalue weighted by atomic mass is 32.3. The van der Waals surface area contributed by atoms with Crippen molar-refractivity contribution in [3.05, 3.63) is 66.7 Å². The topological polar surface area (TPSA) is 18.5 Å². The van der Waals surface area contributed by atoms with E-state index < -0.39 is 10.0 Å². The van der Waals surface area contributed by atoms with Gasteiger partial charge in [-0.25, -0.2) is 0 Å². The van der Waals surface area contributed by atoms with Gasteiger partial charge in [-0.15, -0.1) is 0 Å². The van der Waals surface area contributed by atoms with Gasteiger partial charge in [0.1, 0.15) is 0 Å². The molecule has 0 aliphatic carbocycles. The maximum absolute atomic E-state index is 6.19. The summed E-state index contributed by atoms with van der Waals surface area (Å²) >= 11 is 0. The molecular weight excluding hydrogens is 363 g/mol. The molecule has 0 radical (unpaired) electrons. The van der Waals surface area contributed by atoms with Crippen molar-refractivity contribution in [1.82, 2.24) is 0 Å². The lowest BCUT2D eigenvalue weighted by molar-refractivity contribution is 0.00578. The Morgan fingerprint density at radius 2 is 1.21 bits per heavy atom. The van der Waals surface area contributed by atoms with Crippen molar-refractivity contribution in [1.29, 1.82) is 0 Å². The molecule has 1 aliphatic rings. The van der Waals surface area contributed by atoms with Crippen molar-refractivity contribution >= 4 is 33.4 Å². The second kappa shape index (κ2) is 6.65. The van der Waals surface area contributed by atoms with Gasteiger partial charge in [-0.2, -0.15) is 10.0 Å². The Morgan fingerprint density at radius 1 is 0.679 bits per heavy atom. The van der Waals surface area contributed by atoms with Gasteiger partial charge in [0, 0.05) is 0 Å². The summed E-state index contributed by atoms with van der Waals surface area (Å²) in [7, 11) is -1.41. The van der Waals surface area contributed by atoms with Gasteiger partial charge >= 0.3 is 7.12 Å². The number of hydrogen-bond donors (Lipinski definition) is 0. The molecule has 0 N–H and O–H groups in total. The van der Waals surface area contributed by atoms with E-state index in [0.717, 1.165) is 5.46 Å². The van der Waals surface area contributed by atoms with Gasteiger partial charge in [0.05, 0.1) is 11.2 Å². The Hall–Kier alpha value is -1.75. The molecule has 4 rings (SSSR count). The fraction of sp³-hybridized carbons (Fsp3) is 0.333. The van der Waals surface area contributed by atoms with Crippen LogP contribution in [0.3, 0.4) is 0 Å². The summed E-state index contributed by atoms with van der Waals surface area (Å²) in [6, 6.07) is 24.2. The van der Waals surface area contributed by atoms with E-state index in [4.69, 9.17) is 9.31 Å². The van der Waals surface area contributed by atoms with Crippen molar-refractivity contribution in [3.63, 3.8) is 0 Å². The molecule has 3 aromatic rings. The van der Waals surface area contributed by atoms with Gasteiger partial charge in [0.15, 0.2) is 0 Å². The van der Waals surface area contributed by atoms with E-state index in [0.29, 0.717) is 0 Å². The summed E-state index contributed by atoms with van der Waals surface area (Å²) in [5.74, 6) is 0. The fourth-order valence-electron chi connectivity index (χ4n) is 3.57. The summed E-state index contributed by atoms with van der Waals surface area (Å²) in [5.41, 5.74) is 0.453. The Morgan fingerprint density at radius 3 is 1.82 bits per heavy atom. The van der Waals surface area contributed by atoms with Crippen molar-refractivity contribution in [2.45, 2.75) is 48.7 Å². The molecule has 0 spiro atoms. The SMILES string of the molecule is CC1(C)OB(c2ccc(S(C)(C)c3ccc4ccccc4c3)cc2)OC1(C)C. The third kappa shape index (κ3) is 3.28. The molecule has 1 saturated heterocycles. The lowest BCUT2D eigenvalue weighted by atomic mass is 9.79. The quantitative estimate of drug-likeness (QED) is 0.539. The summed E-state index contributed by atoms with van der Waals surface area (Å²) in [4.78, 5) is 2.76. The maximum atomic E-state index is 6.19. The molecule has 28 heavy (non-hydrogen) atoms. The van der Waals surface area contributed by atoms with Gasteiger partial charge in [-0.1, -0.05) is 54.6 Å². The highest BCUT2D eigenvalue weighted by molar-refractivity contribution is 8.32. The van der Waals surface area contributed by atoms with Crippen molar-refractivity contribution in [2.75, 3.05) is 12.5 Å². The number of hydrogen-bond acceptors (Lipinski definition) is 2. The highest BCUT2D eigenvalue weighted by Crippen LogP contribution is 2.56. The molecule has 4 heteroatoms. The third-order valence-electron chi connectivity index (χ3n) is 6.30. The van der Waals surface area contributed by atoms with Gasteiger partial charge in [-0.05, 0) is 78.4 Å². The molecule has 1 aliphatic heterocycles. The van der Waals surface area contributed by atoms with E-state index >= 15 is 0 Å². The van der Waals surface area contributed by atoms with Crippen LogP contribution in [0.4, 0.5) is 0 Å². The average Bonchev–Trinajstić information content (AvgIpc) is 2.89. The first-order chi connectivity index (χ1) is 13.1. The average molecular weight is 392 g/mol. The van der Waals surface area contributed by atoms with Gasteiger partial charge in [0.2, 0.25) is 0 Å². The summed E-state index contributed by atoms with van der Waals surface area (Å²) in [6.07, 6.45) is 4.72. The van der Waals surface area contributed by atoms with Crippen molar-refractivity contribution in [2.24, 2.45) is 0 Å². The van der Waals surface area contributed by atoms with Crippen LogP contribution in [0, 0.1) is 0 Å². The van der Waals surface area contributed by atoms with Crippen LogP contribution in [0.2, 0.25) is 0 Å². The highest BCUT2D eigenvalue weighted by Gasteiger charge is 2.51. The largest absolute Gasteiger partial charge is 0.494 e. The molecule has 1 heterocycles. The van der Waals surface area contributed by atoms with Crippen LogP contribution in [0.25, 0.3) is 10.8 Å². The second-order valence-electron chi connectivity index (χ2n) is 8.99. The van der Waals surface area contributed by atoms with Crippen LogP contribution in [0.1, 0.15) is 27.7 Å². The molecule has 1 fully saturated rings. The van der Waals surface area contributed by atoms with E-state index in [1.54, 1.807) is 0 Å². The van der Waals surface area contributed by atoms with Crippen LogP contribution >= 0.6 is 10.0 Å². The van der Waals surface area contributed by atoms with Crippen LogP contribution in [-0.2, 0) is 9.31 Å². The smallest absolute Gasteiger partial charge is 0.399 e. The molecule has 0 aromatic heterocycles. The van der Waals surface area contributed by atoms with Crippen LogP contribution in [-0.4, -0.2) is 30.8 Å². The lowest BCUT2D eigenvalue weighted by Crippen LogP contribution is -2.41. The van der Waals surface area contributed by atoms with Crippen molar-refractivity contribution in [3.8, 4) is 0 Å². The first-order valence-corrected chi connectivity index (χ1v) is 12.2. The van der Waals surface area contributed by atoms with E-state index in [1.165, 1.54) is 20.6 Å². The van der Waals surface area contributed by atoms with E-state index in [-0.39, 0.29) is 18.3 Å². The maximum Gasteiger partial charge on any atom is 0.494 e. The second-order valence-corrected chi connectivity index (χ2v) is 12.6. The van der Waals surface area contributed by atoms with Crippen LogP contribution < -0.4 is 5.46 Å². The first-order valence-electron chi connectivity index (χ1n) is 9.78. The number of benzene rings is 3. The van der Waals surface area contributed by atoms with Gasteiger partial charge < -0.3 is 9.31 Å². The lowest BCUT2D eigenvalue weighted by Gasteiger charge is -2.32. The minimum atomic E-state index is -1.10. The standard InChI is InChI=1S/C24H29BO2S/c1-23(2)24(3,4)27-25(26-23)20-12-15-21(16-13-20)28(5,6)22-14-11-18-9-7-8-10-19(18)17-22/h7-17H,1-6H3. The summed E-state index contributed by atoms with van der Waals surface area (Å²) in [5, 5.41) is 2.59. The molecular formula is C24H29BO2S. The van der Waals surface area contributed by atoms with E-state index in [9.17, 15) is 0 Å². The molecule has 0 bridgehead atoms. The molecule has 0 saturated carbocycles. The normalized spacial score (nSPS) is 19.1. The van der Waals surface area contributed by atoms with E-state index in [1.807, 2.05) is 0 Å². The van der Waals surface area contributed by atoms with Crippen LogP contribution in [0.15, 0.2) is 76.5 Å². The molecule has 0 amide bonds. The third-order valence-corrected chi connectivity index (χ3v) is 9.19. The molecule has 3 aromatic carbocycles. The summed E-state index contributed by atoms with van der Waals surface area (Å²) < 4.78 is 12.4. The molecule has 146 valence electrons. The fourth-order valence-corrected chi connectivity index (χ4v) is 5.48. The van der Waals surface area contributed by atoms with Gasteiger partial charge in [-0.3, -0.25) is 0 Å². The zero-order valence-corrected chi connectivity index (χ0v) is 18.5. The predicted octanol–water partition coefficient (Wildman–Crippen LogP) is 5.62. The molecule has 2 nitrogen and oxygen atoms in total. The first kappa shape index (κ1) is 19.6. The molecule has 0 atom stereocenters. The monoisotopic (exact) mass is 392 g/mol. The summed E-state index contributed by atoms with van der Waals surface area (Å²) in [6.45, 7) is 8.37. The minimum absolute atomic E-state index is 0.308. The zero-order chi connectivity index (χ0) is 20.2. The number of rotatable bonds is 3. The Kier molecular flexibility index (Phi) is 4.65. The molecule has 0 unspecified atom stereocenters. The van der Waals surface area contributed by atoms with E-state index in [2.05, 4.69) is 107 Å². The predicted molar refractivity (Wildman–Crippen MR) is 122 cm³/mol. The Labute approximate surface area is 170 Å². The zero-order valence-electron chi connectivity index (χ0n) is 17.7.